The van der Waals surface area contributed by atoms with E-state index in [9.17, 15) is 9.59 Å². The Morgan fingerprint density at radius 3 is 2.41 bits per heavy atom. The third-order valence-corrected chi connectivity index (χ3v) is 3.28. The smallest absolute Gasteiger partial charge is 0.308 e. The maximum Gasteiger partial charge on any atom is 0.308 e. The zero-order valence-corrected chi connectivity index (χ0v) is 10.7. The van der Waals surface area contributed by atoms with Crippen LogP contribution in [0.4, 0.5) is 0 Å². The highest BCUT2D eigenvalue weighted by molar-refractivity contribution is 5.83. The summed E-state index contributed by atoms with van der Waals surface area (Å²) in [5.74, 6) is -1.03. The van der Waals surface area contributed by atoms with Crippen LogP contribution in [0.3, 0.4) is 0 Å². The lowest BCUT2D eigenvalue weighted by atomic mass is 9.99. The van der Waals surface area contributed by atoms with Gasteiger partial charge in [0.25, 0.3) is 0 Å². The monoisotopic (exact) mass is 242 g/mol. The molecule has 17 heavy (non-hydrogen) atoms. The lowest BCUT2D eigenvalue weighted by Gasteiger charge is -2.21. The molecule has 3 atom stereocenters. The van der Waals surface area contributed by atoms with E-state index in [0.717, 1.165) is 0 Å². The van der Waals surface area contributed by atoms with Gasteiger partial charge in [-0.3, -0.25) is 9.59 Å². The Bertz CT molecular complexity index is 304. The lowest BCUT2D eigenvalue weighted by Crippen LogP contribution is -2.43. The molecule has 5 heteroatoms. The maximum atomic E-state index is 12.0. The number of aliphatic carboxylic acids is 1. The summed E-state index contributed by atoms with van der Waals surface area (Å²) < 4.78 is 0. The van der Waals surface area contributed by atoms with Gasteiger partial charge in [-0.2, -0.15) is 0 Å². The second-order valence-electron chi connectivity index (χ2n) is 5.40. The van der Waals surface area contributed by atoms with Crippen molar-refractivity contribution >= 4 is 11.9 Å². The number of amides is 1. The van der Waals surface area contributed by atoms with Gasteiger partial charge in [-0.25, -0.2) is 0 Å². The van der Waals surface area contributed by atoms with E-state index >= 15 is 0 Å². The minimum atomic E-state index is -0.828. The molecular formula is C12H22N2O3. The normalized spacial score (nSPS) is 26.3. The SMILES string of the molecule is CC(C)C[C@@H](N)C(=O)N1CC(C)C(C(=O)O)C1. The fourth-order valence-corrected chi connectivity index (χ4v) is 2.31. The first kappa shape index (κ1) is 14.0. The van der Waals surface area contributed by atoms with Crippen LogP contribution < -0.4 is 5.73 Å². The average Bonchev–Trinajstić information content (AvgIpc) is 2.58. The second-order valence-corrected chi connectivity index (χ2v) is 5.40. The van der Waals surface area contributed by atoms with Crippen molar-refractivity contribution in [2.75, 3.05) is 13.1 Å². The van der Waals surface area contributed by atoms with Gasteiger partial charge in [0.15, 0.2) is 0 Å². The van der Waals surface area contributed by atoms with E-state index < -0.39 is 17.9 Å². The summed E-state index contributed by atoms with van der Waals surface area (Å²) in [6, 6.07) is -0.505. The summed E-state index contributed by atoms with van der Waals surface area (Å²) in [7, 11) is 0. The molecule has 1 saturated heterocycles. The van der Waals surface area contributed by atoms with Gasteiger partial charge in [0, 0.05) is 13.1 Å². The largest absolute Gasteiger partial charge is 0.481 e. The van der Waals surface area contributed by atoms with Gasteiger partial charge in [0.2, 0.25) is 5.91 Å². The first-order chi connectivity index (χ1) is 7.82. The van der Waals surface area contributed by atoms with Crippen molar-refractivity contribution < 1.29 is 14.7 Å². The zero-order chi connectivity index (χ0) is 13.2. The molecule has 1 amide bonds. The van der Waals surface area contributed by atoms with Crippen molar-refractivity contribution in [3.05, 3.63) is 0 Å². The molecule has 3 N–H and O–H groups in total. The third-order valence-electron chi connectivity index (χ3n) is 3.28. The van der Waals surface area contributed by atoms with Crippen molar-refractivity contribution in [2.24, 2.45) is 23.5 Å². The number of likely N-dealkylation sites (tertiary alicyclic amines) is 1. The molecule has 0 saturated carbocycles. The van der Waals surface area contributed by atoms with Gasteiger partial charge >= 0.3 is 5.97 Å². The Balaban J connectivity index is 2.58. The molecule has 0 aromatic rings. The summed E-state index contributed by atoms with van der Waals surface area (Å²) in [5.41, 5.74) is 5.83. The van der Waals surface area contributed by atoms with Crippen molar-refractivity contribution in [1.29, 1.82) is 0 Å². The molecule has 0 spiro atoms. The predicted molar refractivity (Wildman–Crippen MR) is 64.3 cm³/mol. The van der Waals surface area contributed by atoms with Crippen LogP contribution in [0.2, 0.25) is 0 Å². The minimum Gasteiger partial charge on any atom is -0.481 e. The molecule has 1 heterocycles. The standard InChI is InChI=1S/C12H22N2O3/c1-7(2)4-10(13)11(15)14-5-8(3)9(6-14)12(16)17/h7-10H,4-6,13H2,1-3H3,(H,16,17)/t8?,9?,10-/m1/s1. The van der Waals surface area contributed by atoms with Crippen LogP contribution in [-0.2, 0) is 9.59 Å². The summed E-state index contributed by atoms with van der Waals surface area (Å²) in [5, 5.41) is 9.00. The summed E-state index contributed by atoms with van der Waals surface area (Å²) in [4.78, 5) is 24.6. The number of hydrogen-bond acceptors (Lipinski definition) is 3. The average molecular weight is 242 g/mol. The highest BCUT2D eigenvalue weighted by atomic mass is 16.4. The molecule has 1 aliphatic rings. The topological polar surface area (TPSA) is 83.6 Å². The van der Waals surface area contributed by atoms with Gasteiger partial charge < -0.3 is 15.7 Å². The molecule has 5 nitrogen and oxygen atoms in total. The highest BCUT2D eigenvalue weighted by Crippen LogP contribution is 2.24. The number of nitrogens with zero attached hydrogens (tertiary/aromatic N) is 1. The Morgan fingerprint density at radius 2 is 2.00 bits per heavy atom. The minimum absolute atomic E-state index is 0.00250. The van der Waals surface area contributed by atoms with Crippen LogP contribution in [0.15, 0.2) is 0 Å². The van der Waals surface area contributed by atoms with Crippen LogP contribution >= 0.6 is 0 Å². The number of carbonyl (C=O) groups excluding carboxylic acids is 1. The molecule has 0 bridgehead atoms. The van der Waals surface area contributed by atoms with Crippen molar-refractivity contribution in [3.63, 3.8) is 0 Å². The first-order valence-corrected chi connectivity index (χ1v) is 6.10. The van der Waals surface area contributed by atoms with E-state index in [1.807, 2.05) is 20.8 Å². The molecule has 0 aromatic heterocycles. The van der Waals surface area contributed by atoms with Crippen LogP contribution in [0, 0.1) is 17.8 Å². The number of rotatable bonds is 4. The van der Waals surface area contributed by atoms with Crippen LogP contribution in [0.5, 0.6) is 0 Å². The fraction of sp³-hybridized carbons (Fsp3) is 0.833. The zero-order valence-electron chi connectivity index (χ0n) is 10.7. The second kappa shape index (κ2) is 5.49. The van der Waals surface area contributed by atoms with Gasteiger partial charge in [-0.15, -0.1) is 0 Å². The molecule has 0 aliphatic carbocycles. The van der Waals surface area contributed by atoms with E-state index in [4.69, 9.17) is 10.8 Å². The van der Waals surface area contributed by atoms with Crippen LogP contribution in [0.25, 0.3) is 0 Å². The van der Waals surface area contributed by atoms with Gasteiger partial charge in [0.1, 0.15) is 0 Å². The molecule has 98 valence electrons. The van der Waals surface area contributed by atoms with Crippen LogP contribution in [0.1, 0.15) is 27.2 Å². The van der Waals surface area contributed by atoms with Gasteiger partial charge in [0.05, 0.1) is 12.0 Å². The first-order valence-electron chi connectivity index (χ1n) is 6.10. The number of carbonyl (C=O) groups is 2. The summed E-state index contributed by atoms with van der Waals surface area (Å²) in [6.45, 7) is 6.68. The van der Waals surface area contributed by atoms with E-state index in [-0.39, 0.29) is 11.8 Å². The number of nitrogens with two attached hydrogens (primary N) is 1. The van der Waals surface area contributed by atoms with Crippen molar-refractivity contribution in [2.45, 2.75) is 33.2 Å². The van der Waals surface area contributed by atoms with E-state index in [1.54, 1.807) is 4.90 Å². The number of hydrogen-bond donors (Lipinski definition) is 2. The molecule has 1 fully saturated rings. The Labute approximate surface area is 102 Å². The molecule has 1 aliphatic heterocycles. The molecule has 2 unspecified atom stereocenters. The fourth-order valence-electron chi connectivity index (χ4n) is 2.31. The molecule has 0 radical (unpaired) electrons. The Morgan fingerprint density at radius 1 is 1.41 bits per heavy atom. The Kier molecular flexibility index (Phi) is 4.51. The molecular weight excluding hydrogens is 220 g/mol. The Hall–Kier alpha value is -1.10. The predicted octanol–water partition coefficient (Wildman–Crippen LogP) is 0.539. The lowest BCUT2D eigenvalue weighted by molar-refractivity contribution is -0.142. The van der Waals surface area contributed by atoms with Crippen molar-refractivity contribution in [3.8, 4) is 0 Å². The highest BCUT2D eigenvalue weighted by Gasteiger charge is 2.38. The van der Waals surface area contributed by atoms with Gasteiger partial charge in [-0.1, -0.05) is 20.8 Å². The quantitative estimate of drug-likeness (QED) is 0.753. The maximum absolute atomic E-state index is 12.0. The molecule has 1 rings (SSSR count). The number of carboxylic acids is 1. The number of carboxylic acid groups (broad SMARTS) is 1. The summed E-state index contributed by atoms with van der Waals surface area (Å²) >= 11 is 0. The summed E-state index contributed by atoms with van der Waals surface area (Å²) in [6.07, 6.45) is 0.640. The third kappa shape index (κ3) is 3.43. The van der Waals surface area contributed by atoms with E-state index in [0.29, 0.717) is 25.4 Å². The van der Waals surface area contributed by atoms with Crippen LogP contribution in [-0.4, -0.2) is 41.0 Å². The van der Waals surface area contributed by atoms with Gasteiger partial charge in [-0.05, 0) is 18.3 Å². The van der Waals surface area contributed by atoms with E-state index in [2.05, 4.69) is 0 Å². The van der Waals surface area contributed by atoms with Crippen molar-refractivity contribution in [1.82, 2.24) is 4.90 Å². The van der Waals surface area contributed by atoms with E-state index in [1.165, 1.54) is 0 Å². The molecule has 0 aromatic carbocycles.